The fourth-order valence-electron chi connectivity index (χ4n) is 4.38. The maximum absolute atomic E-state index is 11.4. The Hall–Kier alpha value is -2.85. The van der Waals surface area contributed by atoms with Crippen molar-refractivity contribution in [2.45, 2.75) is 26.3 Å². The van der Waals surface area contributed by atoms with Crippen molar-refractivity contribution in [1.82, 2.24) is 0 Å². The van der Waals surface area contributed by atoms with Crippen molar-refractivity contribution in [1.29, 1.82) is 0 Å². The van der Waals surface area contributed by atoms with Gasteiger partial charge in [-0.3, -0.25) is 9.59 Å². The van der Waals surface area contributed by atoms with E-state index in [4.69, 9.17) is 21.1 Å². The van der Waals surface area contributed by atoms with Crippen LogP contribution in [0.15, 0.2) is 36.4 Å². The van der Waals surface area contributed by atoms with Crippen LogP contribution < -0.4 is 19.6 Å². The van der Waals surface area contributed by atoms with Gasteiger partial charge in [-0.15, -0.1) is 11.6 Å². The molecule has 0 bridgehead atoms. The molecule has 2 aromatic rings. The second kappa shape index (κ2) is 14.3. The molecule has 0 saturated carbocycles. The van der Waals surface area contributed by atoms with Gasteiger partial charge in [-0.25, -0.2) is 0 Å². The maximum Gasteiger partial charge on any atom is 0.223 e. The molecule has 1 N–H and O–H groups in total. The van der Waals surface area contributed by atoms with E-state index in [1.165, 1.54) is 6.92 Å². The molecule has 208 valence electrons. The van der Waals surface area contributed by atoms with Crippen molar-refractivity contribution in [3.63, 3.8) is 0 Å². The molecule has 38 heavy (non-hydrogen) atoms. The molecule has 0 atom stereocenters. The van der Waals surface area contributed by atoms with E-state index in [9.17, 15) is 14.7 Å². The third-order valence-electron chi connectivity index (χ3n) is 6.86. The molecule has 0 spiro atoms. The summed E-state index contributed by atoms with van der Waals surface area (Å²) in [6.07, 6.45) is 0. The van der Waals surface area contributed by atoms with Gasteiger partial charge >= 0.3 is 0 Å². The molecule has 10 heteroatoms. The Kier molecular flexibility index (Phi) is 11.2. The zero-order valence-corrected chi connectivity index (χ0v) is 23.5. The Morgan fingerprint density at radius 1 is 0.789 bits per heavy atom. The molecule has 2 aliphatic rings. The number of carbonyl (C=O) groups is 2. The van der Waals surface area contributed by atoms with Gasteiger partial charge in [0.15, 0.2) is 0 Å². The number of ether oxygens (including phenoxy) is 2. The summed E-state index contributed by atoms with van der Waals surface area (Å²) in [6, 6.07) is 11.7. The average molecular weight is 547 g/mol. The van der Waals surface area contributed by atoms with E-state index in [0.717, 1.165) is 73.3 Å². The van der Waals surface area contributed by atoms with Crippen LogP contribution in [-0.4, -0.2) is 83.6 Å². The smallest absolute Gasteiger partial charge is 0.223 e. The summed E-state index contributed by atoms with van der Waals surface area (Å²) < 4.78 is 10.7. The monoisotopic (exact) mass is 546 g/mol. The average Bonchev–Trinajstić information content (AvgIpc) is 2.96. The minimum atomic E-state index is -0.0354. The summed E-state index contributed by atoms with van der Waals surface area (Å²) in [5.41, 5.74) is 5.72. The predicted molar refractivity (Wildman–Crippen MR) is 153 cm³/mol. The summed E-state index contributed by atoms with van der Waals surface area (Å²) in [7, 11) is 3.50. The molecule has 0 aliphatic carbocycles. The topological polar surface area (TPSA) is 85.8 Å². The normalized spacial score (nSPS) is 15.4. The minimum Gasteiger partial charge on any atom is -0.392 e. The van der Waals surface area contributed by atoms with E-state index in [1.807, 2.05) is 36.4 Å². The number of carbonyl (C=O) groups excluding carboxylic acids is 2. The van der Waals surface area contributed by atoms with E-state index in [2.05, 4.69) is 9.80 Å². The Morgan fingerprint density at radius 3 is 1.55 bits per heavy atom. The van der Waals surface area contributed by atoms with Gasteiger partial charge < -0.3 is 34.2 Å². The van der Waals surface area contributed by atoms with Gasteiger partial charge in [0, 0.05) is 88.3 Å². The number of aliphatic hydroxyl groups excluding tert-OH is 1. The van der Waals surface area contributed by atoms with Crippen LogP contribution in [-0.2, 0) is 31.5 Å². The summed E-state index contributed by atoms with van der Waals surface area (Å²) >= 11 is 6.05. The van der Waals surface area contributed by atoms with Gasteiger partial charge in [0.05, 0.1) is 33.0 Å². The Balaban J connectivity index is 0.000000211. The van der Waals surface area contributed by atoms with Crippen LogP contribution in [0.25, 0.3) is 0 Å². The van der Waals surface area contributed by atoms with Gasteiger partial charge in [0.25, 0.3) is 0 Å². The highest BCUT2D eigenvalue weighted by atomic mass is 35.5. The lowest BCUT2D eigenvalue weighted by molar-refractivity contribution is -0.117. The molecule has 2 heterocycles. The number of amides is 2. The maximum atomic E-state index is 11.4. The van der Waals surface area contributed by atoms with E-state index < -0.39 is 0 Å². The highest BCUT2D eigenvalue weighted by Gasteiger charge is 2.17. The van der Waals surface area contributed by atoms with Gasteiger partial charge in [-0.05, 0) is 42.0 Å². The predicted octanol–water partition coefficient (Wildman–Crippen LogP) is 3.24. The zero-order valence-electron chi connectivity index (χ0n) is 22.8. The number of halogens is 1. The summed E-state index contributed by atoms with van der Waals surface area (Å²) in [5.74, 6) is 0.425. The number of benzene rings is 2. The fraction of sp³-hybridized carbons (Fsp3) is 0.500. The number of nitrogens with zero attached hydrogens (tertiary/aromatic N) is 4. The second-order valence-electron chi connectivity index (χ2n) is 9.27. The molecular weight excluding hydrogens is 508 g/mol. The molecule has 2 aromatic carbocycles. The molecule has 2 saturated heterocycles. The Bertz CT molecular complexity index is 1000. The largest absolute Gasteiger partial charge is 0.392 e. The Labute approximate surface area is 230 Å². The number of anilines is 4. The molecule has 9 nitrogen and oxygen atoms in total. The quantitative estimate of drug-likeness (QED) is 0.557. The molecule has 0 aromatic heterocycles. The van der Waals surface area contributed by atoms with Crippen molar-refractivity contribution < 1.29 is 24.2 Å². The van der Waals surface area contributed by atoms with Gasteiger partial charge in [-0.2, -0.15) is 0 Å². The first-order valence-corrected chi connectivity index (χ1v) is 13.4. The lowest BCUT2D eigenvalue weighted by Gasteiger charge is -2.31. The lowest BCUT2D eigenvalue weighted by Crippen LogP contribution is -2.36. The first-order chi connectivity index (χ1) is 18.3. The first kappa shape index (κ1) is 29.7. The number of hydrogen-bond acceptors (Lipinski definition) is 7. The van der Waals surface area contributed by atoms with Gasteiger partial charge in [0.1, 0.15) is 0 Å². The standard InChI is InChI=1S/C14H19ClN2O2.C14H20N2O3/c1-11(18)16(2)13-3-4-14(12(9-13)10-15)17-5-7-19-8-6-17;1-11(18)15(2)13-3-4-14(12(9-13)10-17)16-5-7-19-8-6-16/h3-4,9H,5-8,10H2,1-2H3;3-4,9,17H,5-8,10H2,1-2H3. The number of morpholine rings is 2. The third-order valence-corrected chi connectivity index (χ3v) is 7.15. The van der Waals surface area contributed by atoms with Crippen molar-refractivity contribution >= 4 is 46.2 Å². The van der Waals surface area contributed by atoms with E-state index in [1.54, 1.807) is 30.8 Å². The molecule has 0 radical (unpaired) electrons. The van der Waals surface area contributed by atoms with Crippen molar-refractivity contribution in [3.8, 4) is 0 Å². The highest BCUT2D eigenvalue weighted by molar-refractivity contribution is 6.17. The van der Waals surface area contributed by atoms with Crippen LogP contribution in [0.3, 0.4) is 0 Å². The van der Waals surface area contributed by atoms with Gasteiger partial charge in [-0.1, -0.05) is 0 Å². The highest BCUT2D eigenvalue weighted by Crippen LogP contribution is 2.29. The summed E-state index contributed by atoms with van der Waals surface area (Å²) in [6.45, 7) is 9.37. The van der Waals surface area contributed by atoms with Crippen molar-refractivity contribution in [2.24, 2.45) is 0 Å². The van der Waals surface area contributed by atoms with Crippen molar-refractivity contribution in [3.05, 3.63) is 47.5 Å². The van der Waals surface area contributed by atoms with Crippen molar-refractivity contribution in [2.75, 3.05) is 86.3 Å². The molecule has 2 aliphatic heterocycles. The second-order valence-corrected chi connectivity index (χ2v) is 9.54. The van der Waals surface area contributed by atoms with Crippen LogP contribution in [0.1, 0.15) is 25.0 Å². The summed E-state index contributed by atoms with van der Waals surface area (Å²) in [5, 5.41) is 9.53. The molecule has 2 fully saturated rings. The number of alkyl halides is 1. The molecule has 4 rings (SSSR count). The van der Waals surface area contributed by atoms with E-state index >= 15 is 0 Å². The summed E-state index contributed by atoms with van der Waals surface area (Å²) in [4.78, 5) is 30.4. The lowest BCUT2D eigenvalue weighted by atomic mass is 10.1. The number of rotatable bonds is 6. The van der Waals surface area contributed by atoms with Crippen LogP contribution >= 0.6 is 11.6 Å². The van der Waals surface area contributed by atoms with Crippen LogP contribution in [0, 0.1) is 0 Å². The van der Waals surface area contributed by atoms with Crippen LogP contribution in [0.4, 0.5) is 22.7 Å². The van der Waals surface area contributed by atoms with E-state index in [-0.39, 0.29) is 18.4 Å². The molecular formula is C28H39ClN4O5. The molecule has 0 unspecified atom stereocenters. The van der Waals surface area contributed by atoms with Crippen LogP contribution in [0.5, 0.6) is 0 Å². The fourth-order valence-corrected chi connectivity index (χ4v) is 4.60. The third kappa shape index (κ3) is 7.60. The number of hydrogen-bond donors (Lipinski definition) is 1. The van der Waals surface area contributed by atoms with Gasteiger partial charge in [0.2, 0.25) is 11.8 Å². The molecule has 2 amide bonds. The van der Waals surface area contributed by atoms with Crippen LogP contribution in [0.2, 0.25) is 0 Å². The Morgan fingerprint density at radius 2 is 1.18 bits per heavy atom. The minimum absolute atomic E-state index is 0.0136. The zero-order chi connectivity index (χ0) is 27.7. The first-order valence-electron chi connectivity index (χ1n) is 12.8. The SMILES string of the molecule is CC(=O)N(C)c1ccc(N2CCOCC2)c(CCl)c1.CC(=O)N(C)c1ccc(N2CCOCC2)c(CO)c1. The number of aliphatic hydroxyl groups is 1. The van der Waals surface area contributed by atoms with E-state index in [0.29, 0.717) is 19.1 Å².